The summed E-state index contributed by atoms with van der Waals surface area (Å²) in [5, 5.41) is 3.68. The van der Waals surface area contributed by atoms with Gasteiger partial charge in [0, 0.05) is 24.0 Å². The number of benzene rings is 2. The zero-order valence-corrected chi connectivity index (χ0v) is 17.9. The van der Waals surface area contributed by atoms with Crippen LogP contribution >= 0.6 is 0 Å². The Morgan fingerprint density at radius 2 is 2.15 bits per heavy atom. The van der Waals surface area contributed by atoms with Crippen molar-refractivity contribution < 1.29 is 9.13 Å². The molecular weight excluding hydrogens is 421 g/mol. The molecule has 2 aromatic carbocycles. The molecule has 1 aliphatic rings. The molecule has 0 amide bonds. The Kier molecular flexibility index (Phi) is 5.32. The SMILES string of the molecule is [C-]#[N+]c1cc(-c2cccnc2)c2nc([C@@H]3CCCN3)n(-c3ccc(OC)c(F)c3)c(=O)c2c1. The molecule has 0 saturated carbocycles. The number of rotatable bonds is 4. The van der Waals surface area contributed by atoms with Crippen molar-refractivity contribution in [3.05, 3.63) is 88.3 Å². The van der Waals surface area contributed by atoms with Crippen molar-refractivity contribution in [1.29, 1.82) is 0 Å². The number of ether oxygens (including phenoxy) is 1. The average Bonchev–Trinajstić information content (AvgIpc) is 3.39. The summed E-state index contributed by atoms with van der Waals surface area (Å²) in [4.78, 5) is 26.5. The molecule has 5 rings (SSSR count). The Morgan fingerprint density at radius 1 is 1.27 bits per heavy atom. The first-order valence-corrected chi connectivity index (χ1v) is 10.6. The van der Waals surface area contributed by atoms with Gasteiger partial charge in [-0.05, 0) is 55.3 Å². The molecule has 8 heteroatoms. The maximum Gasteiger partial charge on any atom is 0.264 e. The van der Waals surface area contributed by atoms with Crippen molar-refractivity contribution in [2.45, 2.75) is 18.9 Å². The average molecular weight is 441 g/mol. The summed E-state index contributed by atoms with van der Waals surface area (Å²) in [6.07, 6.45) is 5.10. The summed E-state index contributed by atoms with van der Waals surface area (Å²) in [7, 11) is 1.39. The first-order valence-electron chi connectivity index (χ1n) is 10.6. The number of pyridine rings is 1. The van der Waals surface area contributed by atoms with Crippen molar-refractivity contribution in [3.63, 3.8) is 0 Å². The molecule has 0 aliphatic carbocycles. The van der Waals surface area contributed by atoms with Crippen LogP contribution in [0, 0.1) is 12.4 Å². The zero-order chi connectivity index (χ0) is 22.9. The van der Waals surface area contributed by atoms with E-state index in [1.165, 1.54) is 23.8 Å². The van der Waals surface area contributed by atoms with Crippen LogP contribution in [0.2, 0.25) is 0 Å². The third-order valence-electron chi connectivity index (χ3n) is 5.85. The minimum Gasteiger partial charge on any atom is -0.494 e. The minimum atomic E-state index is -0.571. The Morgan fingerprint density at radius 3 is 2.82 bits per heavy atom. The van der Waals surface area contributed by atoms with Crippen molar-refractivity contribution in [3.8, 4) is 22.6 Å². The van der Waals surface area contributed by atoms with Crippen molar-refractivity contribution >= 4 is 16.6 Å². The Balaban J connectivity index is 1.86. The van der Waals surface area contributed by atoms with Gasteiger partial charge in [0.1, 0.15) is 5.82 Å². The number of nitrogens with one attached hydrogen (secondary N) is 1. The largest absolute Gasteiger partial charge is 0.494 e. The molecule has 1 N–H and O–H groups in total. The van der Waals surface area contributed by atoms with Crippen LogP contribution < -0.4 is 15.6 Å². The molecule has 4 aromatic rings. The number of hydrogen-bond acceptors (Lipinski definition) is 5. The molecule has 1 fully saturated rings. The van der Waals surface area contributed by atoms with Crippen LogP contribution in [0.1, 0.15) is 24.7 Å². The van der Waals surface area contributed by atoms with Crippen LogP contribution in [0.5, 0.6) is 5.75 Å². The van der Waals surface area contributed by atoms with Gasteiger partial charge in [-0.3, -0.25) is 14.3 Å². The second-order valence-corrected chi connectivity index (χ2v) is 7.82. The van der Waals surface area contributed by atoms with Gasteiger partial charge < -0.3 is 10.1 Å². The third kappa shape index (κ3) is 3.62. The lowest BCUT2D eigenvalue weighted by molar-refractivity contribution is 0.386. The minimum absolute atomic E-state index is 0.0928. The summed E-state index contributed by atoms with van der Waals surface area (Å²) < 4.78 is 21.0. The first-order chi connectivity index (χ1) is 16.1. The number of methoxy groups -OCH3 is 1. The summed E-state index contributed by atoms with van der Waals surface area (Å²) in [5.41, 5.74) is 2.24. The molecule has 33 heavy (non-hydrogen) atoms. The van der Waals surface area contributed by atoms with Gasteiger partial charge in [0.25, 0.3) is 5.56 Å². The van der Waals surface area contributed by atoms with Gasteiger partial charge in [-0.15, -0.1) is 0 Å². The Bertz CT molecular complexity index is 1450. The molecular formula is C25H20FN5O2. The van der Waals surface area contributed by atoms with Gasteiger partial charge in [-0.1, -0.05) is 6.07 Å². The van der Waals surface area contributed by atoms with Gasteiger partial charge in [0.05, 0.1) is 36.3 Å². The van der Waals surface area contributed by atoms with E-state index in [4.69, 9.17) is 16.3 Å². The van der Waals surface area contributed by atoms with Crippen molar-refractivity contribution in [2.24, 2.45) is 0 Å². The maximum atomic E-state index is 14.6. The highest BCUT2D eigenvalue weighted by molar-refractivity contribution is 5.96. The number of nitrogens with zero attached hydrogens (tertiary/aromatic N) is 4. The molecule has 164 valence electrons. The van der Waals surface area contributed by atoms with Crippen LogP contribution in [0.15, 0.2) is 59.7 Å². The molecule has 7 nitrogen and oxygen atoms in total. The summed E-state index contributed by atoms with van der Waals surface area (Å²) in [5.74, 6) is 0.0313. The molecule has 0 radical (unpaired) electrons. The predicted octanol–water partition coefficient (Wildman–Crippen LogP) is 4.57. The normalized spacial score (nSPS) is 15.5. The van der Waals surface area contributed by atoms with E-state index in [1.54, 1.807) is 36.7 Å². The molecule has 1 aliphatic heterocycles. The number of fused-ring (bicyclic) bond motifs is 1. The van der Waals surface area contributed by atoms with Crippen LogP contribution in [0.3, 0.4) is 0 Å². The fraction of sp³-hybridized carbons (Fsp3) is 0.200. The third-order valence-corrected chi connectivity index (χ3v) is 5.85. The molecule has 0 unspecified atom stereocenters. The van der Waals surface area contributed by atoms with E-state index < -0.39 is 5.82 Å². The summed E-state index contributed by atoms with van der Waals surface area (Å²) in [6.45, 7) is 8.33. The van der Waals surface area contributed by atoms with Crippen molar-refractivity contribution in [1.82, 2.24) is 19.9 Å². The van der Waals surface area contributed by atoms with E-state index in [-0.39, 0.29) is 17.4 Å². The van der Waals surface area contributed by atoms with Crippen LogP contribution in [0.4, 0.5) is 10.1 Å². The van der Waals surface area contributed by atoms with E-state index in [1.807, 2.05) is 6.07 Å². The maximum absolute atomic E-state index is 14.6. The first kappa shape index (κ1) is 20.8. The van der Waals surface area contributed by atoms with E-state index in [0.29, 0.717) is 33.7 Å². The van der Waals surface area contributed by atoms with Crippen LogP contribution in [0.25, 0.3) is 32.6 Å². The highest BCUT2D eigenvalue weighted by atomic mass is 19.1. The fourth-order valence-corrected chi connectivity index (χ4v) is 4.28. The molecule has 1 saturated heterocycles. The summed E-state index contributed by atoms with van der Waals surface area (Å²) >= 11 is 0. The lowest BCUT2D eigenvalue weighted by atomic mass is 10.0. The van der Waals surface area contributed by atoms with Gasteiger partial charge in [0.2, 0.25) is 0 Å². The number of aromatic nitrogens is 3. The zero-order valence-electron chi connectivity index (χ0n) is 17.9. The smallest absolute Gasteiger partial charge is 0.264 e. The molecule has 3 heterocycles. The van der Waals surface area contributed by atoms with E-state index in [9.17, 15) is 9.18 Å². The Labute approximate surface area is 189 Å². The molecule has 0 bridgehead atoms. The monoisotopic (exact) mass is 441 g/mol. The van der Waals surface area contributed by atoms with Gasteiger partial charge >= 0.3 is 0 Å². The highest BCUT2D eigenvalue weighted by Gasteiger charge is 2.25. The molecule has 1 atom stereocenters. The fourth-order valence-electron chi connectivity index (χ4n) is 4.28. The second-order valence-electron chi connectivity index (χ2n) is 7.82. The summed E-state index contributed by atoms with van der Waals surface area (Å²) in [6, 6.07) is 11.2. The Hall–Kier alpha value is -4.09. The lowest BCUT2D eigenvalue weighted by Gasteiger charge is -2.20. The number of hydrogen-bond donors (Lipinski definition) is 1. The standard InChI is InChI=1S/C25H20FN5O2/c1-27-16-11-18(15-5-3-9-28-14-15)23-19(12-16)25(32)31(24(30-23)21-6-4-10-29-21)17-7-8-22(33-2)20(26)13-17/h3,5,7-9,11-14,21,29H,4,6,10H2,2H3/t21-/m0/s1. The van der Waals surface area contributed by atoms with Crippen molar-refractivity contribution in [2.75, 3.05) is 13.7 Å². The van der Waals surface area contributed by atoms with E-state index >= 15 is 0 Å². The number of halogens is 1. The van der Waals surface area contributed by atoms with Gasteiger partial charge in [-0.25, -0.2) is 14.2 Å². The second kappa shape index (κ2) is 8.45. The van der Waals surface area contributed by atoms with E-state index in [0.717, 1.165) is 24.9 Å². The quantitative estimate of drug-likeness (QED) is 0.470. The van der Waals surface area contributed by atoms with Gasteiger partial charge in [-0.2, -0.15) is 0 Å². The molecule has 2 aromatic heterocycles. The predicted molar refractivity (Wildman–Crippen MR) is 123 cm³/mol. The van der Waals surface area contributed by atoms with E-state index in [2.05, 4.69) is 15.1 Å². The van der Waals surface area contributed by atoms with Crippen LogP contribution in [-0.2, 0) is 0 Å². The molecule has 0 spiro atoms. The highest BCUT2D eigenvalue weighted by Crippen LogP contribution is 2.33. The van der Waals surface area contributed by atoms with Crippen LogP contribution in [-0.4, -0.2) is 28.2 Å². The lowest BCUT2D eigenvalue weighted by Crippen LogP contribution is -2.29. The topological polar surface area (TPSA) is 73.4 Å². The van der Waals surface area contributed by atoms with Gasteiger partial charge in [0.15, 0.2) is 17.3 Å².